The van der Waals surface area contributed by atoms with Gasteiger partial charge in [0.05, 0.1) is 0 Å². The quantitative estimate of drug-likeness (QED) is 0.691. The van der Waals surface area contributed by atoms with E-state index < -0.39 is 0 Å². The molecule has 0 fully saturated rings. The average Bonchev–Trinajstić information content (AvgIpc) is 2.53. The van der Waals surface area contributed by atoms with E-state index in [-0.39, 0.29) is 0 Å². The molecule has 1 aromatic heterocycles. The Morgan fingerprint density at radius 3 is 3.00 bits per heavy atom. The van der Waals surface area contributed by atoms with Crippen LogP contribution in [0.15, 0.2) is 22.4 Å². The van der Waals surface area contributed by atoms with Gasteiger partial charge in [0, 0.05) is 20.5 Å². The molecule has 1 N–H and O–H groups in total. The lowest BCUT2D eigenvalue weighted by molar-refractivity contribution is 0.473. The van der Waals surface area contributed by atoms with Crippen LogP contribution in [0.5, 0.6) is 5.75 Å². The number of rotatable bonds is 1. The second-order valence-electron chi connectivity index (χ2n) is 2.91. The minimum absolute atomic E-state index is 0.395. The van der Waals surface area contributed by atoms with Crippen LogP contribution < -0.4 is 0 Å². The topological polar surface area (TPSA) is 20.2 Å². The van der Waals surface area contributed by atoms with Crippen LogP contribution in [0.1, 0.15) is 12.5 Å². The summed E-state index contributed by atoms with van der Waals surface area (Å²) in [6.45, 7) is 2.02. The van der Waals surface area contributed by atoms with E-state index in [1.54, 1.807) is 11.3 Å². The van der Waals surface area contributed by atoms with Gasteiger partial charge in [-0.1, -0.05) is 6.92 Å². The molecule has 0 aliphatic carbocycles. The van der Waals surface area contributed by atoms with Gasteiger partial charge in [-0.3, -0.25) is 0 Å². The lowest BCUT2D eigenvalue weighted by Gasteiger charge is -2.05. The Bertz CT molecular complexity index is 445. The van der Waals surface area contributed by atoms with Gasteiger partial charge in [-0.2, -0.15) is 0 Å². The first-order valence-electron chi connectivity index (χ1n) is 4.15. The summed E-state index contributed by atoms with van der Waals surface area (Å²) in [5.74, 6) is 0.395. The summed E-state index contributed by atoms with van der Waals surface area (Å²) >= 11 is 5.97. The van der Waals surface area contributed by atoms with E-state index in [1.165, 1.54) is 0 Å². The Balaban J connectivity index is 2.85. The van der Waals surface area contributed by atoms with Crippen LogP contribution in [0.2, 0.25) is 0 Å². The standard InChI is InChI=1S/C10H10OS2/c1-2-6-8(12)5-9-7(10(6)11)3-4-13-9/h3-5,11-12H,2H2,1H3. The number of thiol groups is 1. The van der Waals surface area contributed by atoms with Gasteiger partial charge >= 0.3 is 0 Å². The van der Waals surface area contributed by atoms with Crippen molar-refractivity contribution < 1.29 is 5.11 Å². The molecule has 3 heteroatoms. The molecule has 1 aromatic carbocycles. The molecule has 1 nitrogen and oxygen atoms in total. The van der Waals surface area contributed by atoms with Gasteiger partial charge in [-0.05, 0) is 23.9 Å². The van der Waals surface area contributed by atoms with Crippen LogP contribution in [0.4, 0.5) is 0 Å². The molecule has 0 aliphatic heterocycles. The number of benzene rings is 1. The van der Waals surface area contributed by atoms with Crippen molar-refractivity contribution in [2.75, 3.05) is 0 Å². The van der Waals surface area contributed by atoms with Crippen molar-refractivity contribution in [3.05, 3.63) is 23.1 Å². The molecule has 0 unspecified atom stereocenters. The fraction of sp³-hybridized carbons (Fsp3) is 0.200. The molecule has 13 heavy (non-hydrogen) atoms. The predicted molar refractivity (Wildman–Crippen MR) is 60.1 cm³/mol. The average molecular weight is 210 g/mol. The molecule has 2 aromatic rings. The lowest BCUT2D eigenvalue weighted by atomic mass is 10.1. The van der Waals surface area contributed by atoms with Crippen LogP contribution >= 0.6 is 24.0 Å². The minimum Gasteiger partial charge on any atom is -0.507 e. The lowest BCUT2D eigenvalue weighted by Crippen LogP contribution is -1.84. The maximum atomic E-state index is 9.88. The summed E-state index contributed by atoms with van der Waals surface area (Å²) in [6.07, 6.45) is 0.816. The highest BCUT2D eigenvalue weighted by atomic mass is 32.1. The number of thiophene rings is 1. The highest BCUT2D eigenvalue weighted by Gasteiger charge is 2.09. The Hall–Kier alpha value is -0.670. The molecule has 0 atom stereocenters. The third-order valence-corrected chi connectivity index (χ3v) is 3.43. The molecule has 2 rings (SSSR count). The molecule has 0 radical (unpaired) electrons. The predicted octanol–water partition coefficient (Wildman–Crippen LogP) is 3.46. The number of phenolic OH excluding ortho intramolecular Hbond substituents is 1. The van der Waals surface area contributed by atoms with Crippen LogP contribution in [0.25, 0.3) is 10.1 Å². The summed E-state index contributed by atoms with van der Waals surface area (Å²) in [7, 11) is 0. The van der Waals surface area contributed by atoms with Crippen molar-refractivity contribution >= 4 is 34.1 Å². The summed E-state index contributed by atoms with van der Waals surface area (Å²) in [6, 6.07) is 3.96. The van der Waals surface area contributed by atoms with E-state index in [4.69, 9.17) is 0 Å². The maximum absolute atomic E-state index is 9.88. The van der Waals surface area contributed by atoms with Crippen molar-refractivity contribution in [2.24, 2.45) is 0 Å². The first-order valence-corrected chi connectivity index (χ1v) is 5.47. The second-order valence-corrected chi connectivity index (χ2v) is 4.34. The van der Waals surface area contributed by atoms with E-state index in [0.29, 0.717) is 5.75 Å². The van der Waals surface area contributed by atoms with Gasteiger partial charge in [0.2, 0.25) is 0 Å². The first kappa shape index (κ1) is 8.91. The Morgan fingerprint density at radius 1 is 1.54 bits per heavy atom. The van der Waals surface area contributed by atoms with Gasteiger partial charge in [-0.15, -0.1) is 24.0 Å². The molecule has 0 spiro atoms. The molecular weight excluding hydrogens is 200 g/mol. The zero-order valence-corrected chi connectivity index (χ0v) is 8.95. The summed E-state index contributed by atoms with van der Waals surface area (Å²) < 4.78 is 1.10. The smallest absolute Gasteiger partial charge is 0.128 e. The van der Waals surface area contributed by atoms with Crippen molar-refractivity contribution in [1.82, 2.24) is 0 Å². The number of hydrogen-bond acceptors (Lipinski definition) is 3. The monoisotopic (exact) mass is 210 g/mol. The Kier molecular flexibility index (Phi) is 2.22. The van der Waals surface area contributed by atoms with Crippen LogP contribution in [-0.4, -0.2) is 5.11 Å². The van der Waals surface area contributed by atoms with Crippen LogP contribution in [-0.2, 0) is 6.42 Å². The summed E-state index contributed by atoms with van der Waals surface area (Å²) in [4.78, 5) is 0.884. The van der Waals surface area contributed by atoms with Gasteiger partial charge in [0.25, 0.3) is 0 Å². The fourth-order valence-corrected chi connectivity index (χ4v) is 2.78. The number of hydrogen-bond donors (Lipinski definition) is 2. The molecule has 0 saturated carbocycles. The van der Waals surface area contributed by atoms with Crippen molar-refractivity contribution in [3.8, 4) is 5.75 Å². The molecule has 1 heterocycles. The van der Waals surface area contributed by atoms with E-state index in [0.717, 1.165) is 27.0 Å². The molecule has 0 amide bonds. The third-order valence-electron chi connectivity index (χ3n) is 2.17. The van der Waals surface area contributed by atoms with Gasteiger partial charge in [0.1, 0.15) is 5.75 Å². The summed E-state index contributed by atoms with van der Waals surface area (Å²) in [5.41, 5.74) is 0.939. The van der Waals surface area contributed by atoms with Crippen LogP contribution in [0, 0.1) is 0 Å². The third kappa shape index (κ3) is 1.32. The fourth-order valence-electron chi connectivity index (χ4n) is 1.47. The Labute approximate surface area is 86.4 Å². The Morgan fingerprint density at radius 2 is 2.31 bits per heavy atom. The largest absolute Gasteiger partial charge is 0.507 e. The van der Waals surface area contributed by atoms with Crippen molar-refractivity contribution in [3.63, 3.8) is 0 Å². The molecule has 68 valence electrons. The van der Waals surface area contributed by atoms with Gasteiger partial charge in [-0.25, -0.2) is 0 Å². The SMILES string of the molecule is CCc1c(S)cc2sccc2c1O. The molecule has 0 aliphatic rings. The highest BCUT2D eigenvalue weighted by Crippen LogP contribution is 2.36. The zero-order valence-electron chi connectivity index (χ0n) is 7.24. The minimum atomic E-state index is 0.395. The van der Waals surface area contributed by atoms with E-state index in [9.17, 15) is 5.11 Å². The van der Waals surface area contributed by atoms with Gasteiger partial charge < -0.3 is 5.11 Å². The second kappa shape index (κ2) is 3.24. The van der Waals surface area contributed by atoms with Crippen molar-refractivity contribution in [1.29, 1.82) is 0 Å². The van der Waals surface area contributed by atoms with E-state index >= 15 is 0 Å². The first-order chi connectivity index (χ1) is 6.24. The van der Waals surface area contributed by atoms with Gasteiger partial charge in [0.15, 0.2) is 0 Å². The zero-order chi connectivity index (χ0) is 9.42. The maximum Gasteiger partial charge on any atom is 0.128 e. The normalized spacial score (nSPS) is 10.9. The number of aromatic hydroxyl groups is 1. The highest BCUT2D eigenvalue weighted by molar-refractivity contribution is 7.80. The van der Waals surface area contributed by atoms with E-state index in [2.05, 4.69) is 12.6 Å². The van der Waals surface area contributed by atoms with Crippen LogP contribution in [0.3, 0.4) is 0 Å². The number of fused-ring (bicyclic) bond motifs is 1. The number of phenols is 1. The molecule has 0 bridgehead atoms. The summed E-state index contributed by atoms with van der Waals surface area (Å²) in [5, 5.41) is 12.8. The molecule has 0 saturated heterocycles. The van der Waals surface area contributed by atoms with E-state index in [1.807, 2.05) is 24.4 Å². The van der Waals surface area contributed by atoms with Crippen molar-refractivity contribution in [2.45, 2.75) is 18.2 Å². The molecular formula is C10H10OS2.